The lowest BCUT2D eigenvalue weighted by Gasteiger charge is -2.43. The summed E-state index contributed by atoms with van der Waals surface area (Å²) in [4.78, 5) is 14.4. The Labute approximate surface area is 163 Å². The molecule has 142 valence electrons. The third-order valence-electron chi connectivity index (χ3n) is 5.42. The molecule has 1 aromatic heterocycles. The number of likely N-dealkylation sites (tertiary alicyclic amines) is 1. The molecule has 7 heteroatoms. The fourth-order valence-corrected chi connectivity index (χ4v) is 4.43. The molecule has 1 N–H and O–H groups in total. The summed E-state index contributed by atoms with van der Waals surface area (Å²) in [5.74, 6) is 2.19. The van der Waals surface area contributed by atoms with Crippen LogP contribution in [0, 0.1) is 5.92 Å². The van der Waals surface area contributed by atoms with Gasteiger partial charge in [0.15, 0.2) is 5.11 Å². The van der Waals surface area contributed by atoms with E-state index >= 15 is 0 Å². The van der Waals surface area contributed by atoms with Crippen molar-refractivity contribution in [2.24, 2.45) is 5.92 Å². The topological polar surface area (TPSA) is 55.7 Å². The SMILES string of the molecule is COc1ccc(OC)c(NC(=S)N2CC3CC(C2)c2cccc(=O)n2C3)c1. The summed E-state index contributed by atoms with van der Waals surface area (Å²) in [5.41, 5.74) is 2.00. The van der Waals surface area contributed by atoms with Gasteiger partial charge in [-0.1, -0.05) is 6.07 Å². The number of benzene rings is 1. The second-order valence-electron chi connectivity index (χ2n) is 7.10. The number of anilines is 1. The molecule has 2 aliphatic rings. The van der Waals surface area contributed by atoms with Crippen molar-refractivity contribution < 1.29 is 9.47 Å². The van der Waals surface area contributed by atoms with Crippen LogP contribution in [0.5, 0.6) is 11.5 Å². The van der Waals surface area contributed by atoms with Crippen LogP contribution in [0.2, 0.25) is 0 Å². The zero-order valence-electron chi connectivity index (χ0n) is 15.5. The van der Waals surface area contributed by atoms with E-state index in [0.717, 1.165) is 43.2 Å². The van der Waals surface area contributed by atoms with E-state index < -0.39 is 0 Å². The van der Waals surface area contributed by atoms with Crippen LogP contribution in [-0.4, -0.2) is 41.9 Å². The molecule has 0 aliphatic carbocycles. The molecular weight excluding hydrogens is 362 g/mol. The van der Waals surface area contributed by atoms with Gasteiger partial charge in [0, 0.05) is 43.4 Å². The number of nitrogens with one attached hydrogen (secondary N) is 1. The van der Waals surface area contributed by atoms with Crippen molar-refractivity contribution in [3.05, 3.63) is 52.4 Å². The Bertz CT molecular complexity index is 927. The highest BCUT2D eigenvalue weighted by Crippen LogP contribution is 2.36. The van der Waals surface area contributed by atoms with Crippen molar-refractivity contribution in [2.45, 2.75) is 18.9 Å². The van der Waals surface area contributed by atoms with Crippen molar-refractivity contribution in [2.75, 3.05) is 32.6 Å². The average molecular weight is 385 g/mol. The van der Waals surface area contributed by atoms with Gasteiger partial charge >= 0.3 is 0 Å². The van der Waals surface area contributed by atoms with E-state index in [2.05, 4.69) is 16.3 Å². The van der Waals surface area contributed by atoms with Crippen LogP contribution in [0.15, 0.2) is 41.2 Å². The Morgan fingerprint density at radius 2 is 2.00 bits per heavy atom. The average Bonchev–Trinajstić information content (AvgIpc) is 2.68. The second-order valence-corrected chi connectivity index (χ2v) is 7.49. The van der Waals surface area contributed by atoms with Gasteiger partial charge in [-0.3, -0.25) is 4.79 Å². The summed E-state index contributed by atoms with van der Waals surface area (Å²) in [6.45, 7) is 2.40. The van der Waals surface area contributed by atoms with E-state index in [9.17, 15) is 4.79 Å². The number of hydrogen-bond donors (Lipinski definition) is 1. The third kappa shape index (κ3) is 3.39. The molecule has 3 heterocycles. The van der Waals surface area contributed by atoms with E-state index in [1.54, 1.807) is 20.3 Å². The van der Waals surface area contributed by atoms with Crippen LogP contribution in [0.4, 0.5) is 5.69 Å². The van der Waals surface area contributed by atoms with Crippen LogP contribution in [-0.2, 0) is 6.54 Å². The maximum atomic E-state index is 12.2. The predicted octanol–water partition coefficient (Wildman–Crippen LogP) is 2.68. The van der Waals surface area contributed by atoms with Gasteiger partial charge < -0.3 is 24.3 Å². The Morgan fingerprint density at radius 1 is 1.15 bits per heavy atom. The predicted molar refractivity (Wildman–Crippen MR) is 109 cm³/mol. The summed E-state index contributed by atoms with van der Waals surface area (Å²) in [5, 5.41) is 3.98. The molecule has 2 bridgehead atoms. The molecular formula is C20H23N3O3S. The first-order valence-corrected chi connectivity index (χ1v) is 9.47. The Morgan fingerprint density at radius 3 is 2.78 bits per heavy atom. The van der Waals surface area contributed by atoms with Crippen LogP contribution >= 0.6 is 12.2 Å². The van der Waals surface area contributed by atoms with Crippen molar-refractivity contribution >= 4 is 23.0 Å². The van der Waals surface area contributed by atoms with E-state index in [1.165, 1.54) is 0 Å². The lowest BCUT2D eigenvalue weighted by Crippen LogP contribution is -2.50. The number of ether oxygens (including phenoxy) is 2. The molecule has 1 fully saturated rings. The highest BCUT2D eigenvalue weighted by Gasteiger charge is 2.35. The Kier molecular flexibility index (Phi) is 4.78. The van der Waals surface area contributed by atoms with Gasteiger partial charge in [0.05, 0.1) is 19.9 Å². The normalized spacial score (nSPS) is 20.6. The lowest BCUT2D eigenvalue weighted by atomic mass is 9.83. The highest BCUT2D eigenvalue weighted by molar-refractivity contribution is 7.80. The number of rotatable bonds is 3. The van der Waals surface area contributed by atoms with Crippen LogP contribution in [0.3, 0.4) is 0 Å². The number of thiocarbonyl (C=S) groups is 1. The van der Waals surface area contributed by atoms with Crippen LogP contribution < -0.4 is 20.3 Å². The zero-order chi connectivity index (χ0) is 19.0. The van der Waals surface area contributed by atoms with Gasteiger partial charge in [-0.25, -0.2) is 0 Å². The van der Waals surface area contributed by atoms with Crippen molar-refractivity contribution in [1.82, 2.24) is 9.47 Å². The van der Waals surface area contributed by atoms with Crippen molar-refractivity contribution in [3.8, 4) is 11.5 Å². The number of fused-ring (bicyclic) bond motifs is 4. The number of hydrogen-bond acceptors (Lipinski definition) is 4. The first-order chi connectivity index (χ1) is 13.1. The summed E-state index contributed by atoms with van der Waals surface area (Å²) in [6, 6.07) is 11.2. The van der Waals surface area contributed by atoms with Gasteiger partial charge in [0.1, 0.15) is 11.5 Å². The van der Waals surface area contributed by atoms with Crippen LogP contribution in [0.25, 0.3) is 0 Å². The van der Waals surface area contributed by atoms with Gasteiger partial charge in [0.2, 0.25) is 0 Å². The number of pyridine rings is 1. The first kappa shape index (κ1) is 17.9. The number of piperidine rings is 1. The molecule has 0 spiro atoms. The van der Waals surface area contributed by atoms with Gasteiger partial charge in [-0.15, -0.1) is 0 Å². The molecule has 6 nitrogen and oxygen atoms in total. The zero-order valence-corrected chi connectivity index (χ0v) is 16.3. The number of methoxy groups -OCH3 is 2. The fraction of sp³-hybridized carbons (Fsp3) is 0.400. The minimum absolute atomic E-state index is 0.0949. The molecule has 2 unspecified atom stereocenters. The summed E-state index contributed by atoms with van der Waals surface area (Å²) >= 11 is 5.70. The molecule has 0 saturated carbocycles. The smallest absolute Gasteiger partial charge is 0.250 e. The maximum Gasteiger partial charge on any atom is 0.250 e. The molecule has 1 aromatic carbocycles. The van der Waals surface area contributed by atoms with E-state index in [0.29, 0.717) is 22.7 Å². The quantitative estimate of drug-likeness (QED) is 0.820. The number of nitrogens with zero attached hydrogens (tertiary/aromatic N) is 2. The highest BCUT2D eigenvalue weighted by atomic mass is 32.1. The lowest BCUT2D eigenvalue weighted by molar-refractivity contribution is 0.180. The molecule has 27 heavy (non-hydrogen) atoms. The van der Waals surface area contributed by atoms with E-state index in [1.807, 2.05) is 28.8 Å². The molecule has 1 saturated heterocycles. The first-order valence-electron chi connectivity index (χ1n) is 9.06. The largest absolute Gasteiger partial charge is 0.497 e. The standard InChI is InChI=1S/C20H23N3O3S/c1-25-15-6-7-18(26-2)16(9-15)21-20(27)22-10-13-8-14(12-22)17-4-3-5-19(24)23(17)11-13/h3-7,9,13-14H,8,10-12H2,1-2H3,(H,21,27). The van der Waals surface area contributed by atoms with Gasteiger partial charge in [-0.2, -0.15) is 0 Å². The summed E-state index contributed by atoms with van der Waals surface area (Å²) in [6.07, 6.45) is 1.10. The van der Waals surface area contributed by atoms with E-state index in [4.69, 9.17) is 21.7 Å². The van der Waals surface area contributed by atoms with Crippen molar-refractivity contribution in [3.63, 3.8) is 0 Å². The third-order valence-corrected chi connectivity index (χ3v) is 5.78. The molecule has 0 radical (unpaired) electrons. The van der Waals surface area contributed by atoms with Gasteiger partial charge in [0.25, 0.3) is 5.56 Å². The summed E-state index contributed by atoms with van der Waals surface area (Å²) < 4.78 is 12.7. The molecule has 4 rings (SSSR count). The fourth-order valence-electron chi connectivity index (χ4n) is 4.17. The molecule has 2 atom stereocenters. The Balaban J connectivity index is 1.54. The van der Waals surface area contributed by atoms with Gasteiger partial charge in [-0.05, 0) is 42.8 Å². The minimum atomic E-state index is 0.0949. The molecule has 2 aromatic rings. The minimum Gasteiger partial charge on any atom is -0.497 e. The summed E-state index contributed by atoms with van der Waals surface area (Å²) in [7, 11) is 3.27. The van der Waals surface area contributed by atoms with Crippen molar-refractivity contribution in [1.29, 1.82) is 0 Å². The Hall–Kier alpha value is -2.54. The number of aromatic nitrogens is 1. The van der Waals surface area contributed by atoms with Crippen LogP contribution in [0.1, 0.15) is 18.0 Å². The molecule has 2 aliphatic heterocycles. The second kappa shape index (κ2) is 7.23. The molecule has 0 amide bonds. The van der Waals surface area contributed by atoms with E-state index in [-0.39, 0.29) is 5.56 Å². The maximum absolute atomic E-state index is 12.2. The monoisotopic (exact) mass is 385 g/mol.